The van der Waals surface area contributed by atoms with Crippen LogP contribution in [-0.2, 0) is 14.6 Å². The smallest absolute Gasteiger partial charge is 0.147 e. The summed E-state index contributed by atoms with van der Waals surface area (Å²) in [5.74, 6) is 1.57. The molecule has 0 N–H and O–H groups in total. The van der Waals surface area contributed by atoms with Gasteiger partial charge < -0.3 is 0 Å². The van der Waals surface area contributed by atoms with Gasteiger partial charge in [-0.25, -0.2) is 4.98 Å². The van der Waals surface area contributed by atoms with Crippen LogP contribution in [0, 0.1) is 0 Å². The maximum atomic E-state index is 10.8. The van der Waals surface area contributed by atoms with E-state index in [4.69, 9.17) is 7.92 Å². The standard InChI is InChI=1S/2C12H17N.C9H9NO2.ClH.Fe/c2*1-8(2)10-6-5-7-11(9(3)4)12(10)13;1-6(11)8-4-3-5-9(10-8)7(2)12;;/h2*5-9H,1-4H3;3-5H,1-2H3;1H;. The molecule has 0 saturated heterocycles. The summed E-state index contributed by atoms with van der Waals surface area (Å²) in [6, 6.07) is 18.0. The van der Waals surface area contributed by atoms with Crippen LogP contribution in [0.15, 0.2) is 62.5 Å². The van der Waals surface area contributed by atoms with E-state index < -0.39 is 0 Å². The molecule has 7 heteroatoms. The Bertz CT molecular complexity index is 1220. The van der Waals surface area contributed by atoms with Gasteiger partial charge in [-0.05, 0) is 12.1 Å². The van der Waals surface area contributed by atoms with Crippen LogP contribution in [0.5, 0.6) is 0 Å². The molecular weight excluding hydrogens is 562 g/mol. The van der Waals surface area contributed by atoms with Gasteiger partial charge in [0.15, 0.2) is 11.6 Å². The number of nitrogens with zero attached hydrogens (tertiary/aromatic N) is 3. The van der Waals surface area contributed by atoms with Gasteiger partial charge in [-0.15, -0.1) is 12.4 Å². The topological polar surface area (TPSA) is 71.8 Å². The second-order valence-corrected chi connectivity index (χ2v) is 11.7. The van der Waals surface area contributed by atoms with Crippen LogP contribution in [-0.4, -0.2) is 16.6 Å². The molecule has 0 aliphatic rings. The third-order valence-corrected chi connectivity index (χ3v) is 7.10. The predicted molar refractivity (Wildman–Crippen MR) is 165 cm³/mol. The van der Waals surface area contributed by atoms with E-state index in [1.165, 1.54) is 36.1 Å². The number of ketones is 2. The number of carbonyl (C=O) groups is 2. The molecule has 40 heavy (non-hydrogen) atoms. The molecule has 0 unspecified atom stereocenters. The second-order valence-electron chi connectivity index (χ2n) is 10.9. The van der Waals surface area contributed by atoms with Gasteiger partial charge in [0.25, 0.3) is 0 Å². The normalized spacial score (nSPS) is 10.8. The van der Waals surface area contributed by atoms with Crippen molar-refractivity contribution in [2.24, 2.45) is 7.92 Å². The Morgan fingerprint density at radius 1 is 0.575 bits per heavy atom. The summed E-state index contributed by atoms with van der Waals surface area (Å²) in [6.45, 7) is 20.7. The van der Waals surface area contributed by atoms with Gasteiger partial charge in [0, 0.05) is 13.8 Å². The number of hydrogen-bond donors (Lipinski definition) is 0. The van der Waals surface area contributed by atoms with E-state index >= 15 is 0 Å². The third kappa shape index (κ3) is 9.76. The molecule has 0 aliphatic heterocycles. The van der Waals surface area contributed by atoms with E-state index in [0.717, 1.165) is 11.4 Å². The Morgan fingerprint density at radius 2 is 0.850 bits per heavy atom. The minimum atomic E-state index is -0.127. The van der Waals surface area contributed by atoms with Gasteiger partial charge >= 0.3 is 172 Å². The van der Waals surface area contributed by atoms with Crippen molar-refractivity contribution in [3.63, 3.8) is 0 Å². The fraction of sp³-hybridized carbons (Fsp3) is 0.424. The van der Waals surface area contributed by atoms with Crippen molar-refractivity contribution >= 4 is 35.3 Å². The van der Waals surface area contributed by atoms with Crippen LogP contribution < -0.4 is 0 Å². The van der Waals surface area contributed by atoms with Gasteiger partial charge in [-0.2, -0.15) is 0 Å². The van der Waals surface area contributed by atoms with Crippen molar-refractivity contribution in [1.29, 1.82) is 0 Å². The zero-order valence-corrected chi connectivity index (χ0v) is 27.3. The average molecular weight is 606 g/mol. The van der Waals surface area contributed by atoms with Crippen molar-refractivity contribution < 1.29 is 24.2 Å². The fourth-order valence-electron chi connectivity index (χ4n) is 4.12. The molecule has 0 radical (unpaired) electrons. The van der Waals surface area contributed by atoms with Gasteiger partial charge in [0.1, 0.15) is 11.4 Å². The number of hydrogen-bond acceptors (Lipinski definition) is 5. The van der Waals surface area contributed by atoms with Crippen LogP contribution in [0.2, 0.25) is 0 Å². The van der Waals surface area contributed by atoms with Crippen LogP contribution in [0.25, 0.3) is 0 Å². The molecule has 0 aliphatic carbocycles. The molecule has 1 heterocycles. The molecule has 0 fully saturated rings. The molecule has 0 bridgehead atoms. The quantitative estimate of drug-likeness (QED) is 0.189. The predicted octanol–water partition coefficient (Wildman–Crippen LogP) is 10.5. The summed E-state index contributed by atoms with van der Waals surface area (Å²) < 4.78 is 9.96. The number of benzene rings is 2. The molecular formula is C33H44ClFeN3O2. The maximum Gasteiger partial charge on any atom is -0.147 e. The molecule has 5 nitrogen and oxygen atoms in total. The number of pyridine rings is 1. The maximum absolute atomic E-state index is 10.8. The minimum Gasteiger partial charge on any atom is -0.147 e. The Hall–Kier alpha value is -2.66. The Balaban J connectivity index is 0.000000516. The van der Waals surface area contributed by atoms with Gasteiger partial charge in [0.05, 0.1) is 0 Å². The summed E-state index contributed by atoms with van der Waals surface area (Å²) in [5.41, 5.74) is 8.22. The number of aromatic nitrogens is 1. The fourth-order valence-corrected chi connectivity index (χ4v) is 4.97. The van der Waals surface area contributed by atoms with Crippen molar-refractivity contribution in [1.82, 2.24) is 4.98 Å². The van der Waals surface area contributed by atoms with Crippen molar-refractivity contribution in [2.45, 2.75) is 92.9 Å². The SMILES string of the molecule is CC(=O)c1cccc(C(C)=O)n1.CC(C)c1cccc(C(C)C)c1[N]=[Fe]=[N]c1c(C(C)C)cccc1C(C)C.Cl. The van der Waals surface area contributed by atoms with Crippen LogP contribution in [0.3, 0.4) is 0 Å². The monoisotopic (exact) mass is 605 g/mol. The van der Waals surface area contributed by atoms with Crippen LogP contribution in [0.1, 0.15) is 136 Å². The van der Waals surface area contributed by atoms with E-state index in [0.29, 0.717) is 49.6 Å². The van der Waals surface area contributed by atoms with Gasteiger partial charge in [-0.1, -0.05) is 6.07 Å². The van der Waals surface area contributed by atoms with E-state index in [9.17, 15) is 9.59 Å². The number of Topliss-reactive ketones (excluding diaryl/α,β-unsaturated/α-hetero) is 2. The summed E-state index contributed by atoms with van der Waals surface area (Å²) >= 11 is 0.479. The first-order valence-corrected chi connectivity index (χ1v) is 14.6. The van der Waals surface area contributed by atoms with Crippen molar-refractivity contribution in [3.8, 4) is 0 Å². The first-order valence-electron chi connectivity index (χ1n) is 13.6. The first kappa shape index (κ1) is 35.4. The average Bonchev–Trinajstić information content (AvgIpc) is 2.88. The minimum absolute atomic E-state index is 0. The Morgan fingerprint density at radius 3 is 1.10 bits per heavy atom. The summed E-state index contributed by atoms with van der Waals surface area (Å²) in [6.07, 6.45) is 0. The second kappa shape index (κ2) is 16.6. The largest absolute Gasteiger partial charge is 0.147 e. The number of rotatable bonds is 8. The zero-order valence-electron chi connectivity index (χ0n) is 25.4. The van der Waals surface area contributed by atoms with Crippen LogP contribution >= 0.6 is 12.4 Å². The molecule has 3 aromatic rings. The molecule has 0 amide bonds. The zero-order chi connectivity index (χ0) is 29.3. The van der Waals surface area contributed by atoms with E-state index in [1.807, 2.05) is 0 Å². The third-order valence-electron chi connectivity index (χ3n) is 6.38. The number of halogens is 1. The van der Waals surface area contributed by atoms with Crippen molar-refractivity contribution in [3.05, 3.63) is 88.2 Å². The molecule has 0 spiro atoms. The van der Waals surface area contributed by atoms with E-state index in [-0.39, 0.29) is 24.0 Å². The van der Waals surface area contributed by atoms with Crippen molar-refractivity contribution in [2.75, 3.05) is 0 Å². The van der Waals surface area contributed by atoms with Crippen LogP contribution in [0.4, 0.5) is 11.4 Å². The summed E-state index contributed by atoms with van der Waals surface area (Å²) in [5, 5.41) is 0. The molecule has 2 aromatic carbocycles. The van der Waals surface area contributed by atoms with Gasteiger partial charge in [-0.3, -0.25) is 9.59 Å². The molecule has 218 valence electrons. The summed E-state index contributed by atoms with van der Waals surface area (Å²) in [4.78, 5) is 25.6. The molecule has 3 rings (SSSR count). The first-order chi connectivity index (χ1) is 18.3. The Kier molecular flexibility index (Phi) is 14.6. The Labute approximate surface area is 252 Å². The molecule has 0 saturated carbocycles. The van der Waals surface area contributed by atoms with E-state index in [2.05, 4.69) is 96.8 Å². The van der Waals surface area contributed by atoms with E-state index in [1.54, 1.807) is 18.2 Å². The number of carbonyl (C=O) groups excluding carboxylic acids is 2. The van der Waals surface area contributed by atoms with Gasteiger partial charge in [0.2, 0.25) is 0 Å². The molecule has 0 atom stereocenters. The molecule has 1 aromatic heterocycles. The summed E-state index contributed by atoms with van der Waals surface area (Å²) in [7, 11) is 0.